The lowest BCUT2D eigenvalue weighted by molar-refractivity contribution is 0.0992. The number of amides is 1. The van der Waals surface area contributed by atoms with Crippen LogP contribution < -0.4 is 10.2 Å². The summed E-state index contributed by atoms with van der Waals surface area (Å²) in [6.07, 6.45) is 1.46. The Labute approximate surface area is 153 Å². The number of hydrogen-bond acceptors (Lipinski definition) is 3. The molecule has 4 nitrogen and oxygen atoms in total. The molecule has 2 heterocycles. The first-order valence-corrected chi connectivity index (χ1v) is 8.73. The van der Waals surface area contributed by atoms with Crippen molar-refractivity contribution in [3.05, 3.63) is 88.6 Å². The number of aryl methyl sites for hydroxylation is 3. The molecule has 1 amide bonds. The summed E-state index contributed by atoms with van der Waals surface area (Å²) in [5.41, 5.74) is 6.13. The van der Waals surface area contributed by atoms with Gasteiger partial charge in [-0.3, -0.25) is 9.69 Å². The average molecular weight is 343 g/mol. The highest BCUT2D eigenvalue weighted by atomic mass is 16.2. The van der Waals surface area contributed by atoms with Crippen LogP contribution in [0.15, 0.2) is 60.8 Å². The Morgan fingerprint density at radius 2 is 1.65 bits per heavy atom. The second-order valence-electron chi connectivity index (χ2n) is 6.88. The van der Waals surface area contributed by atoms with Gasteiger partial charge in [-0.1, -0.05) is 24.3 Å². The molecule has 2 aromatic carbocycles. The predicted molar refractivity (Wildman–Crippen MR) is 105 cm³/mol. The van der Waals surface area contributed by atoms with E-state index in [0.29, 0.717) is 5.82 Å². The number of carbonyl (C=O) groups is 1. The standard InChI is InChI=1S/C22H21N3O/c1-14-8-9-23-20(13-14)25-21(18-6-4-5-7-19(18)22(25)26)24-17-11-15(2)10-16(3)12-17/h4-13,21,24H,1-3H3/t21-/m0/s1. The molecule has 1 aliphatic heterocycles. The number of nitrogens with zero attached hydrogens (tertiary/aromatic N) is 2. The smallest absolute Gasteiger partial charge is 0.261 e. The largest absolute Gasteiger partial charge is 0.361 e. The Balaban J connectivity index is 1.80. The van der Waals surface area contributed by atoms with Crippen molar-refractivity contribution in [1.29, 1.82) is 0 Å². The Kier molecular flexibility index (Phi) is 3.96. The second-order valence-corrected chi connectivity index (χ2v) is 6.88. The molecule has 4 rings (SSSR count). The van der Waals surface area contributed by atoms with Gasteiger partial charge >= 0.3 is 0 Å². The van der Waals surface area contributed by atoms with Gasteiger partial charge in [0.15, 0.2) is 0 Å². The van der Waals surface area contributed by atoms with Crippen LogP contribution in [0.2, 0.25) is 0 Å². The minimum Gasteiger partial charge on any atom is -0.361 e. The van der Waals surface area contributed by atoms with Gasteiger partial charge in [0.1, 0.15) is 12.0 Å². The fourth-order valence-corrected chi connectivity index (χ4v) is 3.56. The first-order chi connectivity index (χ1) is 12.5. The van der Waals surface area contributed by atoms with E-state index in [9.17, 15) is 4.79 Å². The molecule has 1 N–H and O–H groups in total. The van der Waals surface area contributed by atoms with Gasteiger partial charge in [-0.2, -0.15) is 0 Å². The normalized spacial score (nSPS) is 15.9. The summed E-state index contributed by atoms with van der Waals surface area (Å²) < 4.78 is 0. The number of aromatic nitrogens is 1. The third-order valence-corrected chi connectivity index (χ3v) is 4.64. The van der Waals surface area contributed by atoms with Crippen LogP contribution in [0.25, 0.3) is 0 Å². The van der Waals surface area contributed by atoms with Gasteiger partial charge in [0, 0.05) is 23.0 Å². The number of pyridine rings is 1. The van der Waals surface area contributed by atoms with E-state index in [1.165, 1.54) is 11.1 Å². The topological polar surface area (TPSA) is 45.2 Å². The second kappa shape index (κ2) is 6.30. The van der Waals surface area contributed by atoms with E-state index in [2.05, 4.69) is 42.3 Å². The van der Waals surface area contributed by atoms with Crippen molar-refractivity contribution in [2.75, 3.05) is 10.2 Å². The lowest BCUT2D eigenvalue weighted by atomic mass is 10.1. The highest BCUT2D eigenvalue weighted by Gasteiger charge is 2.38. The molecule has 0 bridgehead atoms. The van der Waals surface area contributed by atoms with Crippen LogP contribution in [-0.2, 0) is 0 Å². The van der Waals surface area contributed by atoms with Crippen molar-refractivity contribution in [3.8, 4) is 0 Å². The molecule has 1 aromatic heterocycles. The van der Waals surface area contributed by atoms with Crippen molar-refractivity contribution >= 4 is 17.4 Å². The summed E-state index contributed by atoms with van der Waals surface area (Å²) in [5, 5.41) is 3.54. The first-order valence-electron chi connectivity index (χ1n) is 8.73. The molecule has 0 saturated carbocycles. The number of hydrogen-bond donors (Lipinski definition) is 1. The summed E-state index contributed by atoms with van der Waals surface area (Å²) in [6, 6.07) is 18.0. The third kappa shape index (κ3) is 2.84. The highest BCUT2D eigenvalue weighted by molar-refractivity contribution is 6.11. The molecule has 0 aliphatic carbocycles. The molecule has 0 unspecified atom stereocenters. The minimum absolute atomic E-state index is 0.0272. The number of fused-ring (bicyclic) bond motifs is 1. The fraction of sp³-hybridized carbons (Fsp3) is 0.182. The minimum atomic E-state index is -0.283. The predicted octanol–water partition coefficient (Wildman–Crippen LogP) is 4.78. The van der Waals surface area contributed by atoms with Crippen LogP contribution in [0, 0.1) is 20.8 Å². The first kappa shape index (κ1) is 16.3. The summed E-state index contributed by atoms with van der Waals surface area (Å²) >= 11 is 0. The summed E-state index contributed by atoms with van der Waals surface area (Å²) in [5.74, 6) is 0.633. The van der Waals surface area contributed by atoms with E-state index in [1.807, 2.05) is 43.3 Å². The molecule has 1 aliphatic rings. The number of anilines is 2. The zero-order chi connectivity index (χ0) is 18.3. The lowest BCUT2D eigenvalue weighted by Gasteiger charge is -2.26. The Hall–Kier alpha value is -3.14. The molecular weight excluding hydrogens is 322 g/mol. The van der Waals surface area contributed by atoms with Crippen LogP contribution in [0.5, 0.6) is 0 Å². The van der Waals surface area contributed by atoms with Crippen LogP contribution in [0.1, 0.15) is 38.8 Å². The summed E-state index contributed by atoms with van der Waals surface area (Å²) in [6.45, 7) is 6.16. The van der Waals surface area contributed by atoms with Crippen molar-refractivity contribution in [1.82, 2.24) is 4.98 Å². The van der Waals surface area contributed by atoms with Crippen molar-refractivity contribution < 1.29 is 4.79 Å². The maximum atomic E-state index is 13.1. The van der Waals surface area contributed by atoms with Gasteiger partial charge in [-0.25, -0.2) is 4.98 Å². The number of rotatable bonds is 3. The van der Waals surface area contributed by atoms with E-state index < -0.39 is 0 Å². The van der Waals surface area contributed by atoms with Gasteiger partial charge in [0.05, 0.1) is 0 Å². The van der Waals surface area contributed by atoms with E-state index in [1.54, 1.807) is 11.1 Å². The Morgan fingerprint density at radius 1 is 0.923 bits per heavy atom. The SMILES string of the molecule is Cc1cc(C)cc(N[C@@H]2c3ccccc3C(=O)N2c2cc(C)ccn2)c1. The van der Waals surface area contributed by atoms with Crippen molar-refractivity contribution in [2.45, 2.75) is 26.9 Å². The highest BCUT2D eigenvalue weighted by Crippen LogP contribution is 2.37. The molecular formula is C22H21N3O. The molecule has 4 heteroatoms. The number of nitrogens with one attached hydrogen (secondary N) is 1. The monoisotopic (exact) mass is 343 g/mol. The molecule has 0 spiro atoms. The quantitative estimate of drug-likeness (QED) is 0.744. The van der Waals surface area contributed by atoms with Crippen LogP contribution in [0.3, 0.4) is 0 Å². The zero-order valence-electron chi connectivity index (χ0n) is 15.2. The molecule has 130 valence electrons. The van der Waals surface area contributed by atoms with Gasteiger partial charge in [0.2, 0.25) is 0 Å². The van der Waals surface area contributed by atoms with E-state index in [0.717, 1.165) is 22.4 Å². The maximum absolute atomic E-state index is 13.1. The molecule has 3 aromatic rings. The van der Waals surface area contributed by atoms with Gasteiger partial charge in [-0.05, 0) is 67.8 Å². The zero-order valence-corrected chi connectivity index (χ0v) is 15.2. The van der Waals surface area contributed by atoms with Crippen molar-refractivity contribution in [3.63, 3.8) is 0 Å². The fourth-order valence-electron chi connectivity index (χ4n) is 3.56. The average Bonchev–Trinajstić information content (AvgIpc) is 2.87. The van der Waals surface area contributed by atoms with Crippen LogP contribution in [0.4, 0.5) is 11.5 Å². The van der Waals surface area contributed by atoms with E-state index in [-0.39, 0.29) is 12.1 Å². The number of benzene rings is 2. The van der Waals surface area contributed by atoms with Crippen LogP contribution in [-0.4, -0.2) is 10.9 Å². The molecule has 0 radical (unpaired) electrons. The van der Waals surface area contributed by atoms with Gasteiger partial charge < -0.3 is 5.32 Å². The third-order valence-electron chi connectivity index (χ3n) is 4.64. The summed E-state index contributed by atoms with van der Waals surface area (Å²) in [7, 11) is 0. The van der Waals surface area contributed by atoms with Crippen LogP contribution >= 0.6 is 0 Å². The molecule has 0 fully saturated rings. The van der Waals surface area contributed by atoms with E-state index in [4.69, 9.17) is 0 Å². The Bertz CT molecular complexity index is 976. The van der Waals surface area contributed by atoms with Crippen molar-refractivity contribution in [2.24, 2.45) is 0 Å². The van der Waals surface area contributed by atoms with Gasteiger partial charge in [0.25, 0.3) is 5.91 Å². The maximum Gasteiger partial charge on any atom is 0.261 e. The Morgan fingerprint density at radius 3 is 2.38 bits per heavy atom. The molecule has 26 heavy (non-hydrogen) atoms. The van der Waals surface area contributed by atoms with Gasteiger partial charge in [-0.15, -0.1) is 0 Å². The summed E-state index contributed by atoms with van der Waals surface area (Å²) in [4.78, 5) is 19.3. The molecule has 0 saturated heterocycles. The number of carbonyl (C=O) groups excluding carboxylic acids is 1. The molecule has 1 atom stereocenters. The van der Waals surface area contributed by atoms with E-state index >= 15 is 0 Å². The lowest BCUT2D eigenvalue weighted by Crippen LogP contribution is -2.33.